The Morgan fingerprint density at radius 2 is 2.07 bits per heavy atom. The van der Waals surface area contributed by atoms with Crippen molar-refractivity contribution in [2.75, 3.05) is 0 Å². The second kappa shape index (κ2) is 5.30. The van der Waals surface area contributed by atoms with Crippen LogP contribution in [0, 0.1) is 0 Å². The SMILES string of the molecule is CC(C)(C)ONCc1ccc(Br)c(Cl)c1. The Labute approximate surface area is 104 Å². The highest BCUT2D eigenvalue weighted by atomic mass is 79.9. The van der Waals surface area contributed by atoms with E-state index < -0.39 is 0 Å². The third-order valence-electron chi connectivity index (χ3n) is 1.64. The van der Waals surface area contributed by atoms with Crippen molar-refractivity contribution < 1.29 is 4.84 Å². The summed E-state index contributed by atoms with van der Waals surface area (Å²) in [6, 6.07) is 5.83. The molecule has 0 amide bonds. The highest BCUT2D eigenvalue weighted by Gasteiger charge is 2.09. The maximum atomic E-state index is 5.97. The molecule has 0 radical (unpaired) electrons. The van der Waals surface area contributed by atoms with Crippen molar-refractivity contribution in [3.05, 3.63) is 33.3 Å². The van der Waals surface area contributed by atoms with Gasteiger partial charge in [-0.25, -0.2) is 0 Å². The summed E-state index contributed by atoms with van der Waals surface area (Å²) in [7, 11) is 0. The van der Waals surface area contributed by atoms with Gasteiger partial charge >= 0.3 is 0 Å². The molecule has 0 fully saturated rings. The van der Waals surface area contributed by atoms with Gasteiger partial charge in [0, 0.05) is 11.0 Å². The molecule has 1 aromatic carbocycles. The van der Waals surface area contributed by atoms with Gasteiger partial charge in [0.2, 0.25) is 0 Å². The number of hydrogen-bond acceptors (Lipinski definition) is 2. The molecule has 0 unspecified atom stereocenters. The van der Waals surface area contributed by atoms with Crippen LogP contribution in [-0.2, 0) is 11.4 Å². The minimum Gasteiger partial charge on any atom is -0.296 e. The molecule has 0 atom stereocenters. The smallest absolute Gasteiger partial charge is 0.0813 e. The van der Waals surface area contributed by atoms with Crippen molar-refractivity contribution in [2.24, 2.45) is 0 Å². The molecule has 0 aromatic heterocycles. The maximum absolute atomic E-state index is 5.97. The van der Waals surface area contributed by atoms with Gasteiger partial charge in [-0.3, -0.25) is 4.84 Å². The molecule has 1 aromatic rings. The van der Waals surface area contributed by atoms with Crippen LogP contribution in [0.4, 0.5) is 0 Å². The van der Waals surface area contributed by atoms with Gasteiger partial charge in [0.05, 0.1) is 10.6 Å². The van der Waals surface area contributed by atoms with Gasteiger partial charge in [-0.05, 0) is 54.4 Å². The molecular formula is C11H15BrClNO. The molecule has 0 heterocycles. The molecule has 0 spiro atoms. The van der Waals surface area contributed by atoms with E-state index in [0.717, 1.165) is 10.0 Å². The summed E-state index contributed by atoms with van der Waals surface area (Å²) in [5.41, 5.74) is 3.82. The minimum absolute atomic E-state index is 0.181. The average Bonchev–Trinajstić information content (AvgIpc) is 2.09. The Kier molecular flexibility index (Phi) is 4.59. The largest absolute Gasteiger partial charge is 0.296 e. The van der Waals surface area contributed by atoms with Crippen LogP contribution in [0.1, 0.15) is 26.3 Å². The molecule has 0 saturated heterocycles. The van der Waals surface area contributed by atoms with Crippen LogP contribution in [0.5, 0.6) is 0 Å². The van der Waals surface area contributed by atoms with E-state index in [2.05, 4.69) is 21.4 Å². The summed E-state index contributed by atoms with van der Waals surface area (Å²) < 4.78 is 0.907. The topological polar surface area (TPSA) is 21.3 Å². The van der Waals surface area contributed by atoms with Gasteiger partial charge in [-0.15, -0.1) is 0 Å². The maximum Gasteiger partial charge on any atom is 0.0813 e. The van der Waals surface area contributed by atoms with Crippen molar-refractivity contribution in [2.45, 2.75) is 32.9 Å². The van der Waals surface area contributed by atoms with E-state index in [9.17, 15) is 0 Å². The van der Waals surface area contributed by atoms with E-state index in [-0.39, 0.29) is 5.60 Å². The molecule has 84 valence electrons. The van der Waals surface area contributed by atoms with Gasteiger partial charge < -0.3 is 0 Å². The standard InChI is InChI=1S/C11H15BrClNO/c1-11(2,3)15-14-7-8-4-5-9(12)10(13)6-8/h4-6,14H,7H2,1-3H3. The summed E-state index contributed by atoms with van der Waals surface area (Å²) >= 11 is 9.31. The van der Waals surface area contributed by atoms with Gasteiger partial charge in [0.15, 0.2) is 0 Å². The Morgan fingerprint density at radius 1 is 1.40 bits per heavy atom. The lowest BCUT2D eigenvalue weighted by Crippen LogP contribution is -2.28. The normalized spacial score (nSPS) is 11.8. The van der Waals surface area contributed by atoms with Crippen LogP contribution in [0.3, 0.4) is 0 Å². The average molecular weight is 293 g/mol. The molecule has 2 nitrogen and oxygen atoms in total. The van der Waals surface area contributed by atoms with E-state index in [1.807, 2.05) is 39.0 Å². The fraction of sp³-hybridized carbons (Fsp3) is 0.455. The van der Waals surface area contributed by atoms with Crippen LogP contribution in [0.15, 0.2) is 22.7 Å². The third-order valence-corrected chi connectivity index (χ3v) is 2.87. The van der Waals surface area contributed by atoms with E-state index in [0.29, 0.717) is 11.6 Å². The summed E-state index contributed by atoms with van der Waals surface area (Å²) in [6.45, 7) is 6.63. The number of nitrogens with one attached hydrogen (secondary N) is 1. The molecule has 0 aliphatic rings. The Hall–Kier alpha value is -0.0900. The number of rotatable bonds is 3. The minimum atomic E-state index is -0.181. The first-order valence-corrected chi connectivity index (χ1v) is 5.90. The molecule has 1 rings (SSSR count). The zero-order valence-electron chi connectivity index (χ0n) is 9.10. The highest BCUT2D eigenvalue weighted by molar-refractivity contribution is 9.10. The molecule has 0 bridgehead atoms. The van der Waals surface area contributed by atoms with E-state index in [4.69, 9.17) is 16.4 Å². The monoisotopic (exact) mass is 291 g/mol. The summed E-state index contributed by atoms with van der Waals surface area (Å²) in [4.78, 5) is 5.40. The Bertz CT molecular complexity index is 336. The fourth-order valence-corrected chi connectivity index (χ4v) is 1.44. The van der Waals surface area contributed by atoms with Crippen LogP contribution in [-0.4, -0.2) is 5.60 Å². The fourth-order valence-electron chi connectivity index (χ4n) is 0.986. The number of hydrogen-bond donors (Lipinski definition) is 1. The lowest BCUT2D eigenvalue weighted by atomic mass is 10.2. The van der Waals surface area contributed by atoms with Gasteiger partial charge in [0.25, 0.3) is 0 Å². The zero-order chi connectivity index (χ0) is 11.5. The molecular weight excluding hydrogens is 277 g/mol. The molecule has 1 N–H and O–H groups in total. The number of benzene rings is 1. The van der Waals surface area contributed by atoms with Crippen LogP contribution in [0.25, 0.3) is 0 Å². The number of halogens is 2. The van der Waals surface area contributed by atoms with Crippen molar-refractivity contribution in [3.63, 3.8) is 0 Å². The van der Waals surface area contributed by atoms with Crippen LogP contribution in [0.2, 0.25) is 5.02 Å². The van der Waals surface area contributed by atoms with Crippen molar-refractivity contribution in [1.82, 2.24) is 5.48 Å². The third kappa shape index (κ3) is 4.98. The lowest BCUT2D eigenvalue weighted by Gasteiger charge is -2.19. The molecule has 0 aliphatic heterocycles. The van der Waals surface area contributed by atoms with Crippen molar-refractivity contribution >= 4 is 27.5 Å². The molecule has 0 aliphatic carbocycles. The van der Waals surface area contributed by atoms with Crippen molar-refractivity contribution in [3.8, 4) is 0 Å². The lowest BCUT2D eigenvalue weighted by molar-refractivity contribution is -0.0757. The first-order chi connectivity index (χ1) is 6.88. The van der Waals surface area contributed by atoms with Crippen LogP contribution >= 0.6 is 27.5 Å². The predicted octanol–water partition coefficient (Wildman–Crippen LogP) is 3.92. The second-order valence-corrected chi connectivity index (χ2v) is 5.55. The predicted molar refractivity (Wildman–Crippen MR) is 66.8 cm³/mol. The van der Waals surface area contributed by atoms with Gasteiger partial charge in [0.1, 0.15) is 0 Å². The zero-order valence-corrected chi connectivity index (χ0v) is 11.4. The molecule has 15 heavy (non-hydrogen) atoms. The van der Waals surface area contributed by atoms with E-state index >= 15 is 0 Å². The number of hydroxylamine groups is 1. The van der Waals surface area contributed by atoms with Gasteiger partial charge in [-0.2, -0.15) is 5.48 Å². The first kappa shape index (κ1) is 13.0. The first-order valence-electron chi connectivity index (χ1n) is 4.73. The molecule has 0 saturated carbocycles. The van der Waals surface area contributed by atoms with E-state index in [1.54, 1.807) is 0 Å². The Balaban J connectivity index is 2.48. The summed E-state index contributed by atoms with van der Waals surface area (Å²) in [6.07, 6.45) is 0. The quantitative estimate of drug-likeness (QED) is 0.853. The van der Waals surface area contributed by atoms with Crippen molar-refractivity contribution in [1.29, 1.82) is 0 Å². The summed E-state index contributed by atoms with van der Waals surface area (Å²) in [5.74, 6) is 0. The van der Waals surface area contributed by atoms with Gasteiger partial charge in [-0.1, -0.05) is 17.7 Å². The Morgan fingerprint density at radius 3 is 2.60 bits per heavy atom. The van der Waals surface area contributed by atoms with E-state index in [1.165, 1.54) is 0 Å². The second-order valence-electron chi connectivity index (χ2n) is 4.28. The summed E-state index contributed by atoms with van der Waals surface area (Å²) in [5, 5.41) is 0.713. The van der Waals surface area contributed by atoms with Crippen LogP contribution < -0.4 is 5.48 Å². The highest BCUT2D eigenvalue weighted by Crippen LogP contribution is 2.23. The molecule has 4 heteroatoms.